The van der Waals surface area contributed by atoms with Gasteiger partial charge in [-0.15, -0.1) is 0 Å². The minimum Gasteiger partial charge on any atom is -0.489 e. The zero-order valence-corrected chi connectivity index (χ0v) is 16.9. The van der Waals surface area contributed by atoms with E-state index in [0.29, 0.717) is 28.0 Å². The van der Waals surface area contributed by atoms with E-state index in [9.17, 15) is 4.79 Å². The highest BCUT2D eigenvalue weighted by molar-refractivity contribution is 6.42. The van der Waals surface area contributed by atoms with E-state index in [-0.39, 0.29) is 5.97 Å². The highest BCUT2D eigenvalue weighted by Gasteiger charge is 2.10. The quantitative estimate of drug-likeness (QED) is 0.403. The Morgan fingerprint density at radius 3 is 2.52 bits per heavy atom. The largest absolute Gasteiger partial charge is 0.489 e. The van der Waals surface area contributed by atoms with Gasteiger partial charge < -0.3 is 14.5 Å². The summed E-state index contributed by atoms with van der Waals surface area (Å²) < 4.78 is 10.6. The van der Waals surface area contributed by atoms with E-state index >= 15 is 0 Å². The molecule has 0 atom stereocenters. The zero-order valence-electron chi connectivity index (χ0n) is 15.4. The summed E-state index contributed by atoms with van der Waals surface area (Å²) in [4.78, 5) is 19.5. The highest BCUT2D eigenvalue weighted by atomic mass is 35.5. The fraction of sp³-hybridized carbons (Fsp3) is 0.0909. The lowest BCUT2D eigenvalue weighted by Gasteiger charge is -2.07. The van der Waals surface area contributed by atoms with Crippen LogP contribution in [0.15, 0.2) is 60.7 Å². The summed E-state index contributed by atoms with van der Waals surface area (Å²) in [6.45, 7) is 0.386. The summed E-state index contributed by atoms with van der Waals surface area (Å²) in [6, 6.07) is 18.2. The van der Waals surface area contributed by atoms with Crippen LogP contribution in [0.3, 0.4) is 0 Å². The van der Waals surface area contributed by atoms with Gasteiger partial charge in [-0.1, -0.05) is 29.3 Å². The van der Waals surface area contributed by atoms with Crippen LogP contribution in [0.25, 0.3) is 22.4 Å². The van der Waals surface area contributed by atoms with E-state index in [4.69, 9.17) is 32.7 Å². The number of esters is 1. The molecule has 1 aromatic heterocycles. The molecule has 0 unspecified atom stereocenters. The van der Waals surface area contributed by atoms with E-state index in [1.165, 1.54) is 7.11 Å². The molecule has 4 aromatic rings. The Hall–Kier alpha value is -3.02. The van der Waals surface area contributed by atoms with Crippen LogP contribution in [-0.2, 0) is 11.3 Å². The number of carbonyl (C=O) groups excluding carboxylic acids is 1. The number of rotatable bonds is 5. The van der Waals surface area contributed by atoms with Crippen molar-refractivity contribution in [3.63, 3.8) is 0 Å². The molecule has 0 amide bonds. The molecule has 0 aliphatic rings. The predicted molar refractivity (Wildman–Crippen MR) is 114 cm³/mol. The van der Waals surface area contributed by atoms with Crippen molar-refractivity contribution in [1.82, 2.24) is 9.97 Å². The second kappa shape index (κ2) is 8.15. The number of halogens is 2. The zero-order chi connectivity index (χ0) is 20.4. The Labute approximate surface area is 177 Å². The Bertz CT molecular complexity index is 1190. The standard InChI is InChI=1S/C22H16Cl2N2O3/c1-28-22(27)15-5-9-19-20(11-15)26-21(25-19)14-3-6-16(7-4-14)29-12-13-2-8-17(23)18(24)10-13/h2-11H,12H2,1H3,(H,25,26). The number of fused-ring (bicyclic) bond motifs is 1. The number of benzene rings is 3. The molecule has 4 rings (SSSR count). The SMILES string of the molecule is COC(=O)c1ccc2nc(-c3ccc(OCc4ccc(Cl)c(Cl)c4)cc3)[nH]c2c1. The van der Waals surface area contributed by atoms with Crippen molar-refractivity contribution in [2.45, 2.75) is 6.61 Å². The highest BCUT2D eigenvalue weighted by Crippen LogP contribution is 2.26. The average Bonchev–Trinajstić information content (AvgIpc) is 3.17. The first-order chi connectivity index (χ1) is 14.0. The number of H-pyrrole nitrogens is 1. The van der Waals surface area contributed by atoms with Crippen molar-refractivity contribution in [2.75, 3.05) is 7.11 Å². The van der Waals surface area contributed by atoms with Gasteiger partial charge in [-0.3, -0.25) is 0 Å². The van der Waals surface area contributed by atoms with Crippen LogP contribution in [0.2, 0.25) is 10.0 Å². The van der Waals surface area contributed by atoms with Crippen molar-refractivity contribution in [3.8, 4) is 17.1 Å². The molecule has 0 aliphatic carbocycles. The Kier molecular flexibility index (Phi) is 5.43. The van der Waals surface area contributed by atoms with Gasteiger partial charge in [-0.25, -0.2) is 9.78 Å². The molecule has 146 valence electrons. The van der Waals surface area contributed by atoms with Crippen molar-refractivity contribution < 1.29 is 14.3 Å². The molecule has 7 heteroatoms. The maximum Gasteiger partial charge on any atom is 0.337 e. The van der Waals surface area contributed by atoms with E-state index in [1.54, 1.807) is 30.3 Å². The molecule has 3 aromatic carbocycles. The van der Waals surface area contributed by atoms with Crippen LogP contribution in [0.4, 0.5) is 0 Å². The van der Waals surface area contributed by atoms with E-state index < -0.39 is 0 Å². The number of ether oxygens (including phenoxy) is 2. The van der Waals surface area contributed by atoms with Gasteiger partial charge >= 0.3 is 5.97 Å². The maximum atomic E-state index is 11.7. The molecule has 0 saturated heterocycles. The number of aromatic nitrogens is 2. The van der Waals surface area contributed by atoms with Crippen molar-refractivity contribution in [2.24, 2.45) is 0 Å². The molecule has 1 heterocycles. The Balaban J connectivity index is 1.49. The van der Waals surface area contributed by atoms with Gasteiger partial charge in [0, 0.05) is 5.56 Å². The number of hydrogen-bond donors (Lipinski definition) is 1. The maximum absolute atomic E-state index is 11.7. The third-order valence-electron chi connectivity index (χ3n) is 4.42. The molecule has 0 saturated carbocycles. The van der Waals surface area contributed by atoms with Crippen LogP contribution in [0.1, 0.15) is 15.9 Å². The Morgan fingerprint density at radius 1 is 1.00 bits per heavy atom. The first-order valence-corrected chi connectivity index (χ1v) is 9.54. The first kappa shape index (κ1) is 19.3. The van der Waals surface area contributed by atoms with Crippen LogP contribution < -0.4 is 4.74 Å². The monoisotopic (exact) mass is 426 g/mol. The van der Waals surface area contributed by atoms with Gasteiger partial charge in [0.1, 0.15) is 18.2 Å². The lowest BCUT2D eigenvalue weighted by atomic mass is 10.2. The van der Waals surface area contributed by atoms with Gasteiger partial charge in [0.05, 0.1) is 33.8 Å². The van der Waals surface area contributed by atoms with Gasteiger partial charge in [0.25, 0.3) is 0 Å². The van der Waals surface area contributed by atoms with E-state index in [2.05, 4.69) is 9.97 Å². The van der Waals surface area contributed by atoms with Gasteiger partial charge in [-0.2, -0.15) is 0 Å². The third-order valence-corrected chi connectivity index (χ3v) is 5.16. The minimum atomic E-state index is -0.383. The minimum absolute atomic E-state index is 0.383. The van der Waals surface area contributed by atoms with Crippen molar-refractivity contribution in [3.05, 3.63) is 81.8 Å². The summed E-state index contributed by atoms with van der Waals surface area (Å²) >= 11 is 12.0. The second-order valence-corrected chi connectivity index (χ2v) is 7.18. The number of carbonyl (C=O) groups is 1. The fourth-order valence-electron chi connectivity index (χ4n) is 2.90. The average molecular weight is 427 g/mol. The molecule has 0 spiro atoms. The number of methoxy groups -OCH3 is 1. The molecule has 0 radical (unpaired) electrons. The molecule has 0 aliphatic heterocycles. The number of imidazole rings is 1. The van der Waals surface area contributed by atoms with Gasteiger partial charge in [0.15, 0.2) is 0 Å². The van der Waals surface area contributed by atoms with E-state index in [1.807, 2.05) is 30.3 Å². The molecule has 0 bridgehead atoms. The summed E-state index contributed by atoms with van der Waals surface area (Å²) in [5.41, 5.74) is 3.85. The molecule has 0 fully saturated rings. The number of aromatic amines is 1. The van der Waals surface area contributed by atoms with Crippen molar-refractivity contribution >= 4 is 40.2 Å². The van der Waals surface area contributed by atoms with E-state index in [0.717, 1.165) is 27.9 Å². The van der Waals surface area contributed by atoms with Crippen molar-refractivity contribution in [1.29, 1.82) is 0 Å². The second-order valence-electron chi connectivity index (χ2n) is 6.37. The van der Waals surface area contributed by atoms with Crippen LogP contribution in [0.5, 0.6) is 5.75 Å². The van der Waals surface area contributed by atoms with Crippen LogP contribution in [-0.4, -0.2) is 23.0 Å². The lowest BCUT2D eigenvalue weighted by Crippen LogP contribution is -2.00. The molecular weight excluding hydrogens is 411 g/mol. The molecule has 29 heavy (non-hydrogen) atoms. The number of nitrogens with one attached hydrogen (secondary N) is 1. The lowest BCUT2D eigenvalue weighted by molar-refractivity contribution is 0.0601. The van der Waals surface area contributed by atoms with Gasteiger partial charge in [0.2, 0.25) is 0 Å². The predicted octanol–water partition coefficient (Wildman–Crippen LogP) is 5.90. The summed E-state index contributed by atoms with van der Waals surface area (Å²) in [5.74, 6) is 1.05. The first-order valence-electron chi connectivity index (χ1n) is 8.79. The van der Waals surface area contributed by atoms with Crippen LogP contribution in [0, 0.1) is 0 Å². The molecule has 5 nitrogen and oxygen atoms in total. The smallest absolute Gasteiger partial charge is 0.337 e. The summed E-state index contributed by atoms with van der Waals surface area (Å²) in [5, 5.41) is 1.02. The topological polar surface area (TPSA) is 64.2 Å². The van der Waals surface area contributed by atoms with Gasteiger partial charge in [-0.05, 0) is 60.2 Å². The number of hydrogen-bond acceptors (Lipinski definition) is 4. The fourth-order valence-corrected chi connectivity index (χ4v) is 3.22. The molecular formula is C22H16Cl2N2O3. The summed E-state index contributed by atoms with van der Waals surface area (Å²) in [7, 11) is 1.36. The normalized spacial score (nSPS) is 10.9. The van der Waals surface area contributed by atoms with Crippen LogP contribution >= 0.6 is 23.2 Å². The third kappa shape index (κ3) is 4.21. The number of nitrogens with zero attached hydrogens (tertiary/aromatic N) is 1. The molecule has 1 N–H and O–H groups in total. The Morgan fingerprint density at radius 2 is 1.79 bits per heavy atom. The summed E-state index contributed by atoms with van der Waals surface area (Å²) in [6.07, 6.45) is 0.